The number of aromatic nitrogens is 1. The number of rotatable bonds is 5. The van der Waals surface area contributed by atoms with Crippen molar-refractivity contribution in [1.29, 1.82) is 0 Å². The third-order valence-corrected chi connectivity index (χ3v) is 5.80. The molecule has 2 N–H and O–H groups in total. The number of hydrogen-bond acceptors (Lipinski definition) is 4. The molecule has 1 aromatic heterocycles. The molecule has 172 valence electrons. The molecule has 3 rings (SSSR count). The van der Waals surface area contributed by atoms with Gasteiger partial charge in [0.1, 0.15) is 0 Å². The number of pyridine rings is 1. The summed E-state index contributed by atoms with van der Waals surface area (Å²) in [6.07, 6.45) is 1.43. The average Bonchev–Trinajstić information content (AvgIpc) is 2.78. The van der Waals surface area contributed by atoms with Crippen LogP contribution in [-0.2, 0) is 5.41 Å². The number of nitrogens with zero attached hydrogens (tertiary/aromatic N) is 2. The Hall–Kier alpha value is -3.09. The number of carbonyl (C=O) groups excluding carboxylic acids is 2. The molecule has 0 aliphatic rings. The van der Waals surface area contributed by atoms with Crippen LogP contribution in [0.15, 0.2) is 54.7 Å². The first-order valence-electron chi connectivity index (χ1n) is 10.3. The van der Waals surface area contributed by atoms with Crippen LogP contribution in [0.5, 0.6) is 0 Å². The fourth-order valence-electron chi connectivity index (χ4n) is 3.23. The summed E-state index contributed by atoms with van der Waals surface area (Å²) >= 11 is 12.8. The van der Waals surface area contributed by atoms with Gasteiger partial charge in [-0.15, -0.1) is 0 Å². The van der Waals surface area contributed by atoms with Crippen molar-refractivity contribution >= 4 is 52.2 Å². The molecule has 0 fully saturated rings. The molecule has 0 radical (unpaired) electrons. The van der Waals surface area contributed by atoms with E-state index in [9.17, 15) is 9.59 Å². The van der Waals surface area contributed by atoms with Crippen LogP contribution in [0.2, 0.25) is 10.0 Å². The van der Waals surface area contributed by atoms with Gasteiger partial charge in [0, 0.05) is 31.5 Å². The summed E-state index contributed by atoms with van der Waals surface area (Å²) in [5.41, 5.74) is 3.24. The van der Waals surface area contributed by atoms with Crippen molar-refractivity contribution in [2.75, 3.05) is 24.3 Å². The van der Waals surface area contributed by atoms with E-state index in [0.717, 1.165) is 0 Å². The summed E-state index contributed by atoms with van der Waals surface area (Å²) in [7, 11) is 3.27. The van der Waals surface area contributed by atoms with Gasteiger partial charge in [-0.1, -0.05) is 56.1 Å². The molecular weight excluding hydrogens is 459 g/mol. The quantitative estimate of drug-likeness (QED) is 0.460. The Balaban J connectivity index is 1.84. The van der Waals surface area contributed by atoms with Crippen molar-refractivity contribution in [3.05, 3.63) is 81.5 Å². The van der Waals surface area contributed by atoms with Crippen LogP contribution in [0.25, 0.3) is 0 Å². The minimum absolute atomic E-state index is 0.0338. The van der Waals surface area contributed by atoms with Gasteiger partial charge in [0.15, 0.2) is 5.82 Å². The number of anilines is 3. The zero-order valence-electron chi connectivity index (χ0n) is 19.2. The highest BCUT2D eigenvalue weighted by Crippen LogP contribution is 2.34. The Kier molecular flexibility index (Phi) is 7.30. The predicted octanol–water partition coefficient (Wildman–Crippen LogP) is 6.07. The van der Waals surface area contributed by atoms with Crippen LogP contribution in [-0.4, -0.2) is 30.9 Å². The fraction of sp³-hybridized carbons (Fsp3) is 0.240. The first-order chi connectivity index (χ1) is 15.5. The number of carbonyl (C=O) groups is 2. The molecule has 2 aromatic carbocycles. The molecule has 0 aliphatic carbocycles. The van der Waals surface area contributed by atoms with Crippen molar-refractivity contribution in [1.82, 2.24) is 10.3 Å². The largest absolute Gasteiger partial charge is 0.355 e. The second-order valence-corrected chi connectivity index (χ2v) is 9.43. The van der Waals surface area contributed by atoms with Gasteiger partial charge in [-0.25, -0.2) is 4.98 Å². The molecule has 33 heavy (non-hydrogen) atoms. The minimum Gasteiger partial charge on any atom is -0.355 e. The highest BCUT2D eigenvalue weighted by molar-refractivity contribution is 6.35. The maximum Gasteiger partial charge on any atom is 0.255 e. The van der Waals surface area contributed by atoms with Gasteiger partial charge >= 0.3 is 0 Å². The van der Waals surface area contributed by atoms with Crippen LogP contribution in [0.4, 0.5) is 17.2 Å². The molecule has 0 saturated carbocycles. The van der Waals surface area contributed by atoms with Gasteiger partial charge in [-0.2, -0.15) is 0 Å². The molecule has 3 aromatic rings. The van der Waals surface area contributed by atoms with E-state index in [-0.39, 0.29) is 22.3 Å². The maximum atomic E-state index is 12.9. The van der Waals surface area contributed by atoms with Crippen LogP contribution in [0.3, 0.4) is 0 Å². The summed E-state index contributed by atoms with van der Waals surface area (Å²) in [6.45, 7) is 6.42. The first kappa shape index (κ1) is 24.6. The summed E-state index contributed by atoms with van der Waals surface area (Å²) in [5.74, 6) is -0.147. The van der Waals surface area contributed by atoms with Crippen LogP contribution in [0.1, 0.15) is 47.1 Å². The lowest BCUT2D eigenvalue weighted by molar-refractivity contribution is 0.0961. The molecule has 0 bridgehead atoms. The van der Waals surface area contributed by atoms with Crippen LogP contribution < -0.4 is 15.5 Å². The molecule has 0 saturated heterocycles. The highest BCUT2D eigenvalue weighted by Gasteiger charge is 2.18. The van der Waals surface area contributed by atoms with Gasteiger partial charge in [0.25, 0.3) is 11.8 Å². The van der Waals surface area contributed by atoms with E-state index in [2.05, 4.69) is 36.4 Å². The van der Waals surface area contributed by atoms with E-state index in [1.54, 1.807) is 30.1 Å². The fourth-order valence-corrected chi connectivity index (χ4v) is 3.77. The number of halogens is 2. The van der Waals surface area contributed by atoms with Crippen molar-refractivity contribution in [2.45, 2.75) is 26.2 Å². The van der Waals surface area contributed by atoms with Crippen LogP contribution in [0, 0.1) is 0 Å². The third kappa shape index (κ3) is 5.64. The molecular formula is C25H26Cl2N4O2. The van der Waals surface area contributed by atoms with E-state index >= 15 is 0 Å². The Labute approximate surface area is 203 Å². The van der Waals surface area contributed by atoms with Gasteiger partial charge in [-0.3, -0.25) is 9.59 Å². The lowest BCUT2D eigenvalue weighted by atomic mass is 9.87. The average molecular weight is 485 g/mol. The van der Waals surface area contributed by atoms with Gasteiger partial charge < -0.3 is 15.5 Å². The molecule has 0 unspecified atom stereocenters. The molecule has 8 heteroatoms. The molecule has 0 spiro atoms. The summed E-state index contributed by atoms with van der Waals surface area (Å²) in [5, 5.41) is 6.15. The minimum atomic E-state index is -0.286. The number of benzene rings is 2. The SMILES string of the molecule is CNC(=O)c1cnc(N(C)c2cc(C(=O)Nc3ccc(C(C)(C)C)cc3)ccc2Cl)c(Cl)c1. The number of hydrogen-bond donors (Lipinski definition) is 2. The van der Waals surface area contributed by atoms with E-state index in [1.165, 1.54) is 24.9 Å². The van der Waals surface area contributed by atoms with Crippen molar-refractivity contribution < 1.29 is 9.59 Å². The second-order valence-electron chi connectivity index (χ2n) is 8.62. The Morgan fingerprint density at radius 3 is 2.15 bits per heavy atom. The van der Waals surface area contributed by atoms with Crippen LogP contribution >= 0.6 is 23.2 Å². The summed E-state index contributed by atoms with van der Waals surface area (Å²) < 4.78 is 0. The molecule has 6 nitrogen and oxygen atoms in total. The third-order valence-electron chi connectivity index (χ3n) is 5.21. The van der Waals surface area contributed by atoms with Crippen molar-refractivity contribution in [3.63, 3.8) is 0 Å². The number of nitrogens with one attached hydrogen (secondary N) is 2. The summed E-state index contributed by atoms with van der Waals surface area (Å²) in [4.78, 5) is 30.7. The smallest absolute Gasteiger partial charge is 0.255 e. The van der Waals surface area contributed by atoms with E-state index in [0.29, 0.717) is 33.3 Å². The second kappa shape index (κ2) is 9.81. The predicted molar refractivity (Wildman–Crippen MR) is 135 cm³/mol. The van der Waals surface area contributed by atoms with Gasteiger partial charge in [0.2, 0.25) is 0 Å². The molecule has 0 aliphatic heterocycles. The lowest BCUT2D eigenvalue weighted by Gasteiger charge is -2.22. The Morgan fingerprint density at radius 2 is 1.58 bits per heavy atom. The number of amides is 2. The van der Waals surface area contributed by atoms with Crippen molar-refractivity contribution in [3.8, 4) is 0 Å². The molecule has 0 atom stereocenters. The zero-order chi connectivity index (χ0) is 24.3. The molecule has 1 heterocycles. The monoisotopic (exact) mass is 484 g/mol. The molecule has 2 amide bonds. The maximum absolute atomic E-state index is 12.9. The van der Waals surface area contributed by atoms with E-state index in [4.69, 9.17) is 23.2 Å². The first-order valence-corrected chi connectivity index (χ1v) is 11.1. The van der Waals surface area contributed by atoms with Crippen molar-refractivity contribution in [2.24, 2.45) is 0 Å². The Bertz CT molecular complexity index is 1190. The highest BCUT2D eigenvalue weighted by atomic mass is 35.5. The van der Waals surface area contributed by atoms with E-state index in [1.807, 2.05) is 24.3 Å². The zero-order valence-corrected chi connectivity index (χ0v) is 20.7. The topological polar surface area (TPSA) is 74.3 Å². The van der Waals surface area contributed by atoms with Gasteiger partial charge in [0.05, 0.1) is 21.3 Å². The Morgan fingerprint density at radius 1 is 0.909 bits per heavy atom. The lowest BCUT2D eigenvalue weighted by Crippen LogP contribution is -2.19. The van der Waals surface area contributed by atoms with E-state index < -0.39 is 0 Å². The standard InChI is InChI=1S/C25H26Cl2N4O2/c1-25(2,3)17-7-9-18(10-8-17)30-24(33)15-6-11-19(26)21(13-15)31(5)22-20(27)12-16(14-29-22)23(32)28-4/h6-14H,1-5H3,(H,28,32)(H,30,33). The van der Waals surface area contributed by atoms with Gasteiger partial charge in [-0.05, 0) is 47.4 Å². The normalized spacial score (nSPS) is 11.1. The summed E-state index contributed by atoms with van der Waals surface area (Å²) in [6, 6.07) is 14.3.